The third-order valence-electron chi connectivity index (χ3n) is 3.99. The summed E-state index contributed by atoms with van der Waals surface area (Å²) in [6, 6.07) is 0. The molecule has 0 saturated carbocycles. The molecular weight excluding hydrogens is 340 g/mol. The van der Waals surface area contributed by atoms with Crippen LogP contribution in [-0.2, 0) is 22.6 Å². The zero-order chi connectivity index (χ0) is 18.6. The number of nitrogens with zero attached hydrogens (tertiary/aromatic N) is 5. The van der Waals surface area contributed by atoms with Gasteiger partial charge in [-0.15, -0.1) is 0 Å². The van der Waals surface area contributed by atoms with Crippen LogP contribution in [0.15, 0.2) is 17.4 Å². The molecule has 2 rings (SSSR count). The minimum Gasteiger partial charge on any atom is -0.355 e. The molecule has 25 heavy (non-hydrogen) atoms. The lowest BCUT2D eigenvalue weighted by atomic mass is 10.3. The van der Waals surface area contributed by atoms with Gasteiger partial charge in [0.05, 0.1) is 11.9 Å². The predicted octanol–water partition coefficient (Wildman–Crippen LogP) is 0.191. The van der Waals surface area contributed by atoms with Crippen LogP contribution in [-0.4, -0.2) is 74.5 Å². The highest BCUT2D eigenvalue weighted by Crippen LogP contribution is 2.16. The molecule has 1 aromatic rings. The van der Waals surface area contributed by atoms with Crippen molar-refractivity contribution in [2.75, 3.05) is 43.9 Å². The molecule has 1 aromatic heterocycles. The van der Waals surface area contributed by atoms with Gasteiger partial charge in [-0.3, -0.25) is 18.7 Å². The van der Waals surface area contributed by atoms with E-state index in [0.717, 1.165) is 5.69 Å². The van der Waals surface area contributed by atoms with Crippen LogP contribution in [0.1, 0.15) is 20.8 Å². The molecule has 8 nitrogen and oxygen atoms in total. The average Bonchev–Trinajstić information content (AvgIpc) is 2.96. The molecule has 140 valence electrons. The number of aryl methyl sites for hydroxylation is 1. The summed E-state index contributed by atoms with van der Waals surface area (Å²) in [5.74, 6) is 1.23. The number of carbonyl (C=O) groups excluding carboxylic acids is 1. The first-order valence-electron chi connectivity index (χ1n) is 8.35. The number of nitrogens with one attached hydrogen (secondary N) is 1. The Morgan fingerprint density at radius 2 is 2.12 bits per heavy atom. The quantitative estimate of drug-likeness (QED) is 0.606. The summed E-state index contributed by atoms with van der Waals surface area (Å²) in [5, 5.41) is 7.33. The van der Waals surface area contributed by atoms with Crippen molar-refractivity contribution in [2.24, 2.45) is 12.0 Å². The Morgan fingerprint density at radius 1 is 1.40 bits per heavy atom. The molecule has 1 fully saturated rings. The number of anilines is 1. The van der Waals surface area contributed by atoms with Crippen LogP contribution < -0.4 is 10.2 Å². The maximum atomic E-state index is 12.5. The zero-order valence-electron chi connectivity index (χ0n) is 15.7. The van der Waals surface area contributed by atoms with E-state index in [1.807, 2.05) is 38.9 Å². The first-order chi connectivity index (χ1) is 11.7. The van der Waals surface area contributed by atoms with Crippen LogP contribution in [0.2, 0.25) is 0 Å². The minimum absolute atomic E-state index is 0.0143. The molecule has 0 aromatic carbocycles. The summed E-state index contributed by atoms with van der Waals surface area (Å²) in [6.45, 7) is 7.99. The predicted molar refractivity (Wildman–Crippen MR) is 101 cm³/mol. The number of amides is 1. The van der Waals surface area contributed by atoms with Gasteiger partial charge in [0.25, 0.3) is 0 Å². The Morgan fingerprint density at radius 3 is 2.64 bits per heavy atom. The van der Waals surface area contributed by atoms with Gasteiger partial charge in [0.2, 0.25) is 5.91 Å². The standard InChI is InChI=1S/C16H28N6O2S/c1-16(2,3)25(24)9-6-18-15(17-4)21-7-8-22(14(23)12-21)13-10-19-20(5)11-13/h10-11H,6-9,12H2,1-5H3,(H,17,18). The van der Waals surface area contributed by atoms with Crippen LogP contribution in [0.4, 0.5) is 5.69 Å². The van der Waals surface area contributed by atoms with E-state index in [9.17, 15) is 9.00 Å². The second-order valence-corrected chi connectivity index (χ2v) is 9.30. The molecule has 0 bridgehead atoms. The monoisotopic (exact) mass is 368 g/mol. The van der Waals surface area contributed by atoms with Gasteiger partial charge in [-0.1, -0.05) is 0 Å². The van der Waals surface area contributed by atoms with Crippen molar-refractivity contribution in [1.29, 1.82) is 0 Å². The number of piperazine rings is 1. The van der Waals surface area contributed by atoms with Gasteiger partial charge in [0.15, 0.2) is 5.96 Å². The molecule has 1 unspecified atom stereocenters. The lowest BCUT2D eigenvalue weighted by Gasteiger charge is -2.35. The molecule has 1 atom stereocenters. The van der Waals surface area contributed by atoms with Gasteiger partial charge < -0.3 is 15.1 Å². The van der Waals surface area contributed by atoms with Gasteiger partial charge in [0.1, 0.15) is 6.54 Å². The molecule has 1 saturated heterocycles. The molecule has 2 heterocycles. The van der Waals surface area contributed by atoms with E-state index < -0.39 is 10.8 Å². The lowest BCUT2D eigenvalue weighted by Crippen LogP contribution is -2.55. The fourth-order valence-corrected chi connectivity index (χ4v) is 3.47. The number of guanidine groups is 1. The number of hydrogen-bond acceptors (Lipinski definition) is 4. The summed E-state index contributed by atoms with van der Waals surface area (Å²) in [5.41, 5.74) is 0.815. The van der Waals surface area contributed by atoms with E-state index >= 15 is 0 Å². The second kappa shape index (κ2) is 7.99. The molecule has 1 N–H and O–H groups in total. The van der Waals surface area contributed by atoms with Gasteiger partial charge in [-0.05, 0) is 20.8 Å². The number of aromatic nitrogens is 2. The SMILES string of the molecule is CN=C(NCCS(=O)C(C)(C)C)N1CCN(c2cnn(C)c2)C(=O)C1. The lowest BCUT2D eigenvalue weighted by molar-refractivity contribution is -0.120. The zero-order valence-corrected chi connectivity index (χ0v) is 16.5. The van der Waals surface area contributed by atoms with Crippen molar-refractivity contribution in [3.63, 3.8) is 0 Å². The van der Waals surface area contributed by atoms with Crippen LogP contribution in [0.5, 0.6) is 0 Å². The minimum atomic E-state index is -0.916. The van der Waals surface area contributed by atoms with Gasteiger partial charge in [0, 0.05) is 61.2 Å². The normalized spacial score (nSPS) is 17.8. The summed E-state index contributed by atoms with van der Waals surface area (Å²) < 4.78 is 13.6. The molecule has 0 radical (unpaired) electrons. The Kier molecular flexibility index (Phi) is 6.21. The molecule has 1 amide bonds. The van der Waals surface area contributed by atoms with Crippen molar-refractivity contribution in [1.82, 2.24) is 20.0 Å². The third kappa shape index (κ3) is 5.04. The van der Waals surface area contributed by atoms with Crippen LogP contribution in [0, 0.1) is 0 Å². The fraction of sp³-hybridized carbons (Fsp3) is 0.688. The molecule has 0 aliphatic carbocycles. The molecule has 1 aliphatic rings. The highest BCUT2D eigenvalue weighted by molar-refractivity contribution is 7.86. The Labute approximate surface area is 151 Å². The van der Waals surface area contributed by atoms with Gasteiger partial charge in [-0.2, -0.15) is 5.10 Å². The summed E-state index contributed by atoms with van der Waals surface area (Å²) in [4.78, 5) is 20.4. The van der Waals surface area contributed by atoms with Crippen molar-refractivity contribution >= 4 is 28.4 Å². The number of aliphatic imine (C=N–C) groups is 1. The Bertz CT molecular complexity index is 664. The van der Waals surface area contributed by atoms with Crippen LogP contribution in [0.25, 0.3) is 0 Å². The fourth-order valence-electron chi connectivity index (χ4n) is 2.57. The second-order valence-electron chi connectivity index (χ2n) is 6.98. The van der Waals surface area contributed by atoms with E-state index in [4.69, 9.17) is 0 Å². The van der Waals surface area contributed by atoms with E-state index in [1.165, 1.54) is 0 Å². The van der Waals surface area contributed by atoms with Gasteiger partial charge >= 0.3 is 0 Å². The van der Waals surface area contributed by atoms with Crippen LogP contribution >= 0.6 is 0 Å². The van der Waals surface area contributed by atoms with E-state index in [0.29, 0.717) is 31.3 Å². The number of rotatable bonds is 4. The van der Waals surface area contributed by atoms with Crippen molar-refractivity contribution in [3.05, 3.63) is 12.4 Å². The van der Waals surface area contributed by atoms with E-state index in [-0.39, 0.29) is 17.2 Å². The maximum absolute atomic E-state index is 12.5. The highest BCUT2D eigenvalue weighted by Gasteiger charge is 2.27. The van der Waals surface area contributed by atoms with E-state index in [1.54, 1.807) is 22.8 Å². The number of carbonyl (C=O) groups is 1. The van der Waals surface area contributed by atoms with Crippen molar-refractivity contribution in [2.45, 2.75) is 25.5 Å². The summed E-state index contributed by atoms with van der Waals surface area (Å²) in [7, 11) is 2.61. The molecule has 0 spiro atoms. The topological polar surface area (TPSA) is 82.8 Å². The molecule has 1 aliphatic heterocycles. The molecular formula is C16H28N6O2S. The summed E-state index contributed by atoms with van der Waals surface area (Å²) in [6.07, 6.45) is 3.53. The third-order valence-corrected chi connectivity index (χ3v) is 5.93. The first kappa shape index (κ1) is 19.4. The van der Waals surface area contributed by atoms with Crippen molar-refractivity contribution in [3.8, 4) is 0 Å². The van der Waals surface area contributed by atoms with Gasteiger partial charge in [-0.25, -0.2) is 0 Å². The van der Waals surface area contributed by atoms with Crippen LogP contribution in [0.3, 0.4) is 0 Å². The highest BCUT2D eigenvalue weighted by atomic mass is 32.2. The first-order valence-corrected chi connectivity index (χ1v) is 9.67. The molecule has 9 heteroatoms. The largest absolute Gasteiger partial charge is 0.355 e. The summed E-state index contributed by atoms with van der Waals surface area (Å²) >= 11 is 0. The number of hydrogen-bond donors (Lipinski definition) is 1. The smallest absolute Gasteiger partial charge is 0.246 e. The van der Waals surface area contributed by atoms with Crippen molar-refractivity contribution < 1.29 is 9.00 Å². The maximum Gasteiger partial charge on any atom is 0.246 e. The average molecular weight is 369 g/mol. The van der Waals surface area contributed by atoms with E-state index in [2.05, 4.69) is 15.4 Å². The Balaban J connectivity index is 1.89. The Hall–Kier alpha value is -1.90.